The molecule has 1 heterocycles. The summed E-state index contributed by atoms with van der Waals surface area (Å²) in [4.78, 5) is 32.1. The minimum atomic E-state index is -0.428. The summed E-state index contributed by atoms with van der Waals surface area (Å²) in [7, 11) is 0. The van der Waals surface area contributed by atoms with Crippen LogP contribution < -0.4 is 11.5 Å². The highest BCUT2D eigenvalue weighted by Crippen LogP contribution is 2.25. The lowest BCUT2D eigenvalue weighted by Gasteiger charge is -2.05. The third-order valence-electron chi connectivity index (χ3n) is 5.65. The molecule has 0 unspecified atom stereocenters. The van der Waals surface area contributed by atoms with Crippen molar-refractivity contribution in [3.8, 4) is 39.7 Å². The summed E-state index contributed by atoms with van der Waals surface area (Å²) in [6.07, 6.45) is 0. The first-order valence-corrected chi connectivity index (χ1v) is 11.6. The molecule has 1 aromatic heterocycles. The minimum absolute atomic E-state index is 0.0570. The Hall–Kier alpha value is -6.22. The van der Waals surface area contributed by atoms with Crippen LogP contribution in [0.4, 0.5) is 23.3 Å². The van der Waals surface area contributed by atoms with E-state index in [9.17, 15) is 20.2 Å². The van der Waals surface area contributed by atoms with Gasteiger partial charge in [0.1, 0.15) is 0 Å². The molecule has 0 saturated heterocycles. The van der Waals surface area contributed by atoms with Crippen molar-refractivity contribution in [2.24, 2.45) is 0 Å². The molecule has 0 spiro atoms. The Morgan fingerprint density at radius 3 is 1.23 bits per heavy atom. The number of nitro groups is 2. The molecule has 0 aliphatic rings. The first-order chi connectivity index (χ1) is 19.2. The van der Waals surface area contributed by atoms with Crippen LogP contribution in [0.1, 0.15) is 5.56 Å². The van der Waals surface area contributed by atoms with E-state index in [0.29, 0.717) is 11.4 Å². The van der Waals surface area contributed by atoms with Gasteiger partial charge in [-0.1, -0.05) is 36.4 Å². The average Bonchev–Trinajstić information content (AvgIpc) is 2.97. The summed E-state index contributed by atoms with van der Waals surface area (Å²) in [5, 5.41) is 29.8. The molecule has 40 heavy (non-hydrogen) atoms. The van der Waals surface area contributed by atoms with Crippen LogP contribution in [-0.2, 0) is 0 Å². The van der Waals surface area contributed by atoms with E-state index >= 15 is 0 Å². The Labute approximate surface area is 227 Å². The van der Waals surface area contributed by atoms with E-state index in [2.05, 4.69) is 15.0 Å². The standard InChI is InChI=1S/C15H12N6O2.C13H8N2O2/c16-14-18-13(19-15(17)20-14)11-3-1-9(2-4-11)10-5-7-12(8-6-10)21(22)23;14-9-10-1-3-11(4-2-10)12-5-7-13(8-6-12)15(16)17/h1-8H,(H4,16,17,18,19,20);1-8H. The number of nitriles is 1. The van der Waals surface area contributed by atoms with Crippen molar-refractivity contribution in [2.45, 2.75) is 0 Å². The van der Waals surface area contributed by atoms with Crippen molar-refractivity contribution in [1.82, 2.24) is 15.0 Å². The number of hydrogen-bond acceptors (Lipinski definition) is 10. The van der Waals surface area contributed by atoms with Gasteiger partial charge in [-0.15, -0.1) is 0 Å². The van der Waals surface area contributed by atoms with Crippen LogP contribution in [-0.4, -0.2) is 24.8 Å². The number of nitrogens with two attached hydrogens (primary N) is 2. The van der Waals surface area contributed by atoms with Gasteiger partial charge < -0.3 is 11.5 Å². The molecule has 0 saturated carbocycles. The van der Waals surface area contributed by atoms with E-state index in [-0.39, 0.29) is 23.3 Å². The van der Waals surface area contributed by atoms with Crippen LogP contribution in [0.15, 0.2) is 97.1 Å². The molecule has 0 atom stereocenters. The van der Waals surface area contributed by atoms with Gasteiger partial charge in [0.05, 0.1) is 21.5 Å². The van der Waals surface area contributed by atoms with Gasteiger partial charge in [0, 0.05) is 29.8 Å². The second-order valence-corrected chi connectivity index (χ2v) is 8.25. The molecule has 4 N–H and O–H groups in total. The van der Waals surface area contributed by atoms with Crippen LogP contribution in [0, 0.1) is 31.6 Å². The highest BCUT2D eigenvalue weighted by atomic mass is 16.6. The van der Waals surface area contributed by atoms with Crippen molar-refractivity contribution in [1.29, 1.82) is 5.26 Å². The zero-order chi connectivity index (χ0) is 28.6. The Morgan fingerprint density at radius 2 is 0.875 bits per heavy atom. The number of aromatic nitrogens is 3. The third-order valence-corrected chi connectivity index (χ3v) is 5.65. The summed E-state index contributed by atoms with van der Waals surface area (Å²) < 4.78 is 0. The molecule has 0 fully saturated rings. The lowest BCUT2D eigenvalue weighted by Crippen LogP contribution is -2.04. The van der Waals surface area contributed by atoms with Crippen molar-refractivity contribution in [2.75, 3.05) is 11.5 Å². The number of non-ortho nitro benzene ring substituents is 2. The molecule has 0 radical (unpaired) electrons. The summed E-state index contributed by atoms with van der Waals surface area (Å²) >= 11 is 0. The summed E-state index contributed by atoms with van der Waals surface area (Å²) in [6.45, 7) is 0. The largest absolute Gasteiger partial charge is 0.368 e. The summed E-state index contributed by atoms with van der Waals surface area (Å²) in [5.74, 6) is 0.518. The highest BCUT2D eigenvalue weighted by Gasteiger charge is 2.08. The van der Waals surface area contributed by atoms with E-state index in [1.165, 1.54) is 24.3 Å². The quantitative estimate of drug-likeness (QED) is 0.217. The highest BCUT2D eigenvalue weighted by molar-refractivity contribution is 5.69. The van der Waals surface area contributed by atoms with Crippen LogP contribution >= 0.6 is 0 Å². The molecule has 4 aromatic carbocycles. The van der Waals surface area contributed by atoms with Gasteiger partial charge >= 0.3 is 0 Å². The molecule has 0 aliphatic carbocycles. The molecular weight excluding hydrogens is 512 g/mol. The van der Waals surface area contributed by atoms with Gasteiger partial charge in [-0.05, 0) is 58.7 Å². The summed E-state index contributed by atoms with van der Waals surface area (Å²) in [6, 6.07) is 29.2. The molecule has 5 rings (SSSR count). The van der Waals surface area contributed by atoms with Gasteiger partial charge in [-0.25, -0.2) is 0 Å². The fourth-order valence-electron chi connectivity index (χ4n) is 3.64. The molecule has 0 bridgehead atoms. The van der Waals surface area contributed by atoms with Gasteiger partial charge in [-0.2, -0.15) is 20.2 Å². The van der Waals surface area contributed by atoms with E-state index in [1.54, 1.807) is 36.4 Å². The predicted molar refractivity (Wildman–Crippen MR) is 149 cm³/mol. The number of hydrogen-bond donors (Lipinski definition) is 2. The van der Waals surface area contributed by atoms with Crippen molar-refractivity contribution in [3.05, 3.63) is 123 Å². The number of nitrogen functional groups attached to an aromatic ring is 2. The molecular formula is C28H20N8O4. The molecule has 0 aliphatic heterocycles. The maximum absolute atomic E-state index is 10.7. The smallest absolute Gasteiger partial charge is 0.269 e. The second kappa shape index (κ2) is 11.9. The summed E-state index contributed by atoms with van der Waals surface area (Å²) in [5.41, 5.74) is 16.2. The normalized spacial score (nSPS) is 10.1. The number of nitrogens with zero attached hydrogens (tertiary/aromatic N) is 6. The first-order valence-electron chi connectivity index (χ1n) is 11.6. The van der Waals surface area contributed by atoms with Gasteiger partial charge in [0.15, 0.2) is 5.82 Å². The fourth-order valence-corrected chi connectivity index (χ4v) is 3.64. The third kappa shape index (κ3) is 6.55. The average molecular weight is 533 g/mol. The zero-order valence-corrected chi connectivity index (χ0v) is 20.7. The molecule has 196 valence electrons. The number of rotatable bonds is 5. The maximum atomic E-state index is 10.7. The Morgan fingerprint density at radius 1 is 0.550 bits per heavy atom. The van der Waals surface area contributed by atoms with E-state index < -0.39 is 9.85 Å². The SMILES string of the molecule is N#Cc1ccc(-c2ccc([N+](=O)[O-])cc2)cc1.Nc1nc(N)nc(-c2ccc(-c3ccc([N+](=O)[O-])cc3)cc2)n1. The number of nitro benzene ring substituents is 2. The second-order valence-electron chi connectivity index (χ2n) is 8.25. The van der Waals surface area contributed by atoms with Crippen molar-refractivity contribution >= 4 is 23.3 Å². The van der Waals surface area contributed by atoms with Crippen molar-refractivity contribution in [3.63, 3.8) is 0 Å². The Balaban J connectivity index is 0.000000194. The van der Waals surface area contributed by atoms with Gasteiger partial charge in [0.25, 0.3) is 11.4 Å². The Kier molecular flexibility index (Phi) is 7.97. The van der Waals surface area contributed by atoms with E-state index in [0.717, 1.165) is 27.8 Å². The number of anilines is 2. The zero-order valence-electron chi connectivity index (χ0n) is 20.7. The van der Waals surface area contributed by atoms with E-state index in [1.807, 2.05) is 42.5 Å². The molecule has 0 amide bonds. The lowest BCUT2D eigenvalue weighted by molar-refractivity contribution is -0.385. The molecule has 12 heteroatoms. The monoisotopic (exact) mass is 532 g/mol. The number of benzene rings is 4. The van der Waals surface area contributed by atoms with Crippen LogP contribution in [0.25, 0.3) is 33.6 Å². The fraction of sp³-hybridized carbons (Fsp3) is 0. The van der Waals surface area contributed by atoms with Gasteiger partial charge in [0.2, 0.25) is 11.9 Å². The molecule has 12 nitrogen and oxygen atoms in total. The maximum Gasteiger partial charge on any atom is 0.269 e. The van der Waals surface area contributed by atoms with Crippen LogP contribution in [0.3, 0.4) is 0 Å². The topological polar surface area (TPSA) is 201 Å². The van der Waals surface area contributed by atoms with Crippen molar-refractivity contribution < 1.29 is 9.85 Å². The first kappa shape index (κ1) is 26.8. The van der Waals surface area contributed by atoms with Gasteiger partial charge in [-0.3, -0.25) is 20.2 Å². The van der Waals surface area contributed by atoms with Crippen LogP contribution in [0.2, 0.25) is 0 Å². The van der Waals surface area contributed by atoms with Crippen LogP contribution in [0.5, 0.6) is 0 Å². The molecule has 5 aromatic rings. The predicted octanol–water partition coefficient (Wildman–Crippen LogP) is 5.41. The van der Waals surface area contributed by atoms with E-state index in [4.69, 9.17) is 16.7 Å². The Bertz CT molecular complexity index is 1680. The minimum Gasteiger partial charge on any atom is -0.368 e. The lowest BCUT2D eigenvalue weighted by atomic mass is 10.0.